The van der Waals surface area contributed by atoms with E-state index in [1.807, 2.05) is 60.7 Å². The van der Waals surface area contributed by atoms with Gasteiger partial charge < -0.3 is 4.90 Å². The van der Waals surface area contributed by atoms with E-state index in [1.54, 1.807) is 11.9 Å². The van der Waals surface area contributed by atoms with Gasteiger partial charge in [-0.05, 0) is 30.5 Å². The first-order valence-corrected chi connectivity index (χ1v) is 8.30. The zero-order chi connectivity index (χ0) is 16.7. The molecule has 1 heterocycles. The van der Waals surface area contributed by atoms with Crippen molar-refractivity contribution in [3.05, 3.63) is 77.9 Å². The molecule has 0 aromatic heterocycles. The van der Waals surface area contributed by atoms with Gasteiger partial charge in [0, 0.05) is 18.5 Å². The molecule has 0 bridgehead atoms. The largest absolute Gasteiger partial charge is 0.314 e. The number of benzene rings is 2. The van der Waals surface area contributed by atoms with E-state index in [4.69, 9.17) is 0 Å². The molecule has 24 heavy (non-hydrogen) atoms. The summed E-state index contributed by atoms with van der Waals surface area (Å²) in [5.41, 5.74) is 1.34. The number of nitrogens with zero attached hydrogens (tertiary/aromatic N) is 1. The molecule has 0 saturated carbocycles. The van der Waals surface area contributed by atoms with Crippen molar-refractivity contribution in [2.75, 3.05) is 11.9 Å². The fraction of sp³-hybridized carbons (Fsp3) is 0.238. The van der Waals surface area contributed by atoms with Crippen LogP contribution in [0.25, 0.3) is 0 Å². The molecule has 0 saturated heterocycles. The molecular weight excluding hydrogens is 298 g/mol. The molecule has 2 aromatic carbocycles. The van der Waals surface area contributed by atoms with Gasteiger partial charge >= 0.3 is 0 Å². The van der Waals surface area contributed by atoms with Crippen LogP contribution in [0.1, 0.15) is 34.7 Å². The second-order valence-corrected chi connectivity index (χ2v) is 6.54. The number of ketones is 1. The van der Waals surface area contributed by atoms with Gasteiger partial charge in [-0.3, -0.25) is 9.59 Å². The van der Waals surface area contributed by atoms with E-state index in [1.165, 1.54) is 0 Å². The van der Waals surface area contributed by atoms with E-state index >= 15 is 0 Å². The lowest BCUT2D eigenvalue weighted by Crippen LogP contribution is -2.55. The molecule has 0 fully saturated rings. The number of para-hydroxylation sites is 1. The van der Waals surface area contributed by atoms with E-state index in [-0.39, 0.29) is 17.6 Å². The number of hydrogen-bond acceptors (Lipinski definition) is 2. The van der Waals surface area contributed by atoms with Gasteiger partial charge in [-0.15, -0.1) is 0 Å². The van der Waals surface area contributed by atoms with Gasteiger partial charge in [0.2, 0.25) is 5.91 Å². The lowest BCUT2D eigenvalue weighted by molar-refractivity contribution is -0.127. The molecule has 2 unspecified atom stereocenters. The number of hydrogen-bond donors (Lipinski definition) is 0. The first-order valence-electron chi connectivity index (χ1n) is 8.30. The van der Waals surface area contributed by atoms with Crippen LogP contribution in [0.15, 0.2) is 66.7 Å². The summed E-state index contributed by atoms with van der Waals surface area (Å²) in [6.07, 6.45) is 5.43. The Balaban J connectivity index is 1.93. The highest BCUT2D eigenvalue weighted by Crippen LogP contribution is 2.51. The number of anilines is 1. The minimum Gasteiger partial charge on any atom is -0.314 e. The van der Waals surface area contributed by atoms with Crippen LogP contribution < -0.4 is 4.90 Å². The average molecular weight is 317 g/mol. The van der Waals surface area contributed by atoms with Crippen molar-refractivity contribution in [1.29, 1.82) is 0 Å². The number of Topliss-reactive ketones (excluding diaryl/α,β-unsaturated/α-hetero) is 1. The van der Waals surface area contributed by atoms with Gasteiger partial charge in [-0.2, -0.15) is 0 Å². The van der Waals surface area contributed by atoms with Crippen LogP contribution in [-0.2, 0) is 4.79 Å². The van der Waals surface area contributed by atoms with Gasteiger partial charge in [0.1, 0.15) is 5.41 Å². The molecule has 3 heteroatoms. The Morgan fingerprint density at radius 1 is 1.00 bits per heavy atom. The highest BCUT2D eigenvalue weighted by molar-refractivity contribution is 6.25. The maximum absolute atomic E-state index is 13.5. The Morgan fingerprint density at radius 2 is 1.71 bits per heavy atom. The predicted molar refractivity (Wildman–Crippen MR) is 94.2 cm³/mol. The molecule has 1 aliphatic carbocycles. The van der Waals surface area contributed by atoms with E-state index in [9.17, 15) is 9.59 Å². The number of allylic oxidation sites excluding steroid dienone is 2. The van der Waals surface area contributed by atoms with Crippen molar-refractivity contribution in [2.24, 2.45) is 5.41 Å². The molecule has 2 aliphatic rings. The third-order valence-electron chi connectivity index (χ3n) is 5.32. The fourth-order valence-electron chi connectivity index (χ4n) is 4.12. The quantitative estimate of drug-likeness (QED) is 0.589. The summed E-state index contributed by atoms with van der Waals surface area (Å²) < 4.78 is 0. The van der Waals surface area contributed by atoms with E-state index in [0.29, 0.717) is 17.7 Å². The summed E-state index contributed by atoms with van der Waals surface area (Å²) in [5, 5.41) is 0. The molecule has 0 radical (unpaired) electrons. The molecule has 120 valence electrons. The topological polar surface area (TPSA) is 37.4 Å². The van der Waals surface area contributed by atoms with Crippen molar-refractivity contribution in [3.63, 3.8) is 0 Å². The Kier molecular flexibility index (Phi) is 3.38. The lowest BCUT2D eigenvalue weighted by Gasteiger charge is -2.45. The van der Waals surface area contributed by atoms with Gasteiger partial charge in [0.05, 0.1) is 5.69 Å². The third-order valence-corrected chi connectivity index (χ3v) is 5.32. The number of amides is 1. The van der Waals surface area contributed by atoms with Gasteiger partial charge in [-0.1, -0.05) is 54.6 Å². The zero-order valence-corrected chi connectivity index (χ0v) is 13.6. The van der Waals surface area contributed by atoms with Crippen molar-refractivity contribution >= 4 is 17.4 Å². The molecule has 1 amide bonds. The summed E-state index contributed by atoms with van der Waals surface area (Å²) in [4.78, 5) is 28.4. The molecule has 1 spiro atoms. The van der Waals surface area contributed by atoms with Crippen molar-refractivity contribution < 1.29 is 9.59 Å². The van der Waals surface area contributed by atoms with Crippen molar-refractivity contribution in [2.45, 2.75) is 18.8 Å². The molecule has 1 aliphatic heterocycles. The summed E-state index contributed by atoms with van der Waals surface area (Å²) in [6.45, 7) is 0. The maximum atomic E-state index is 13.5. The highest BCUT2D eigenvalue weighted by Gasteiger charge is 2.56. The minimum absolute atomic E-state index is 0.0422. The molecule has 4 rings (SSSR count). The van der Waals surface area contributed by atoms with Gasteiger partial charge in [-0.25, -0.2) is 0 Å². The van der Waals surface area contributed by atoms with E-state index in [2.05, 4.69) is 6.08 Å². The number of carbonyl (C=O) groups excluding carboxylic acids is 2. The summed E-state index contributed by atoms with van der Waals surface area (Å²) in [7, 11) is 1.77. The zero-order valence-electron chi connectivity index (χ0n) is 13.6. The molecular formula is C21H19NO2. The average Bonchev–Trinajstić information content (AvgIpc) is 2.66. The third kappa shape index (κ3) is 1.91. The smallest absolute Gasteiger partial charge is 0.241 e. The predicted octanol–water partition coefficient (Wildman–Crippen LogP) is 3.97. The Bertz CT molecular complexity index is 840. The second kappa shape index (κ2) is 5.45. The first kappa shape index (κ1) is 14.9. The van der Waals surface area contributed by atoms with Crippen LogP contribution in [0.3, 0.4) is 0 Å². The van der Waals surface area contributed by atoms with Gasteiger partial charge in [0.25, 0.3) is 0 Å². The molecule has 0 N–H and O–H groups in total. The van der Waals surface area contributed by atoms with Crippen LogP contribution in [0.5, 0.6) is 0 Å². The van der Waals surface area contributed by atoms with Gasteiger partial charge in [0.15, 0.2) is 5.78 Å². The van der Waals surface area contributed by atoms with E-state index in [0.717, 1.165) is 12.0 Å². The summed E-state index contributed by atoms with van der Waals surface area (Å²) >= 11 is 0. The normalized spacial score (nSPS) is 25.9. The first-order chi connectivity index (χ1) is 11.7. The number of fused-ring (bicyclic) bond motifs is 1. The van der Waals surface area contributed by atoms with Crippen LogP contribution in [0.2, 0.25) is 0 Å². The summed E-state index contributed by atoms with van der Waals surface area (Å²) in [6, 6.07) is 17.3. The number of rotatable bonds is 1. The molecule has 2 atom stereocenters. The monoisotopic (exact) mass is 317 g/mol. The Morgan fingerprint density at radius 3 is 2.50 bits per heavy atom. The van der Waals surface area contributed by atoms with Crippen LogP contribution in [0, 0.1) is 5.41 Å². The van der Waals surface area contributed by atoms with Crippen molar-refractivity contribution in [3.8, 4) is 0 Å². The lowest BCUT2D eigenvalue weighted by atomic mass is 9.60. The van der Waals surface area contributed by atoms with Crippen molar-refractivity contribution in [1.82, 2.24) is 0 Å². The summed E-state index contributed by atoms with van der Waals surface area (Å²) in [5.74, 6) is -0.355. The SMILES string of the molecule is CN1C(=O)C2(CCC=CC2c2ccccc2)C(=O)c2ccccc21. The molecule has 3 nitrogen and oxygen atoms in total. The van der Waals surface area contributed by atoms with Crippen LogP contribution in [-0.4, -0.2) is 18.7 Å². The van der Waals surface area contributed by atoms with E-state index < -0.39 is 5.41 Å². The molecule has 2 aromatic rings. The fourth-order valence-corrected chi connectivity index (χ4v) is 4.12. The minimum atomic E-state index is -1.03. The highest BCUT2D eigenvalue weighted by atomic mass is 16.2. The maximum Gasteiger partial charge on any atom is 0.241 e. The van der Waals surface area contributed by atoms with Crippen LogP contribution >= 0.6 is 0 Å². The Hall–Kier alpha value is -2.68. The second-order valence-electron chi connectivity index (χ2n) is 6.54. The number of carbonyl (C=O) groups is 2. The Labute approximate surface area is 141 Å². The standard InChI is InChI=1S/C21H19NO2/c1-22-18-13-6-5-11-16(18)19(23)21(20(22)24)14-8-7-12-17(21)15-9-3-2-4-10-15/h2-7,9-13,17H,8,14H2,1H3. The van der Waals surface area contributed by atoms with Crippen LogP contribution in [0.4, 0.5) is 5.69 Å².